The fourth-order valence-electron chi connectivity index (χ4n) is 1.85. The number of hydrogen-bond donors (Lipinski definition) is 1. The Morgan fingerprint density at radius 2 is 2.18 bits per heavy atom. The smallest absolute Gasteiger partial charge is 0.157 e. The maximum Gasteiger partial charge on any atom is 0.157 e. The number of para-hydroxylation sites is 1. The molecule has 0 radical (unpaired) electrons. The minimum absolute atomic E-state index is 0.185. The normalized spacial score (nSPS) is 15.4. The van der Waals surface area contributed by atoms with Crippen LogP contribution < -0.4 is 10.1 Å². The second-order valence-corrected chi connectivity index (χ2v) is 4.79. The van der Waals surface area contributed by atoms with Crippen LogP contribution in [-0.4, -0.2) is 12.9 Å². The summed E-state index contributed by atoms with van der Waals surface area (Å²) in [5.74, 6) is 0.947. The van der Waals surface area contributed by atoms with Gasteiger partial charge in [0.2, 0.25) is 0 Å². The zero-order valence-corrected chi connectivity index (χ0v) is 11.2. The van der Waals surface area contributed by atoms with Gasteiger partial charge in [-0.3, -0.25) is 4.79 Å². The molecule has 3 nitrogen and oxygen atoms in total. The van der Waals surface area contributed by atoms with Crippen LogP contribution in [0.2, 0.25) is 0 Å². The van der Waals surface area contributed by atoms with Gasteiger partial charge in [-0.1, -0.05) is 6.07 Å². The standard InChI is InChI=1S/C13H14BrNO2/c1-17-12-7-3-6-11(14)13(12)15-9-4-2-5-10(16)8-9/h3,6-8,15H,2,4-5H2,1H3. The summed E-state index contributed by atoms with van der Waals surface area (Å²) >= 11 is 3.48. The number of halogens is 1. The monoisotopic (exact) mass is 295 g/mol. The van der Waals surface area contributed by atoms with Crippen molar-refractivity contribution in [3.05, 3.63) is 34.4 Å². The second kappa shape index (κ2) is 5.36. The number of benzene rings is 1. The van der Waals surface area contributed by atoms with Crippen LogP contribution in [0.5, 0.6) is 5.75 Å². The van der Waals surface area contributed by atoms with Gasteiger partial charge in [-0.2, -0.15) is 0 Å². The molecule has 0 aliphatic heterocycles. The highest BCUT2D eigenvalue weighted by Gasteiger charge is 2.13. The van der Waals surface area contributed by atoms with Gasteiger partial charge in [0.05, 0.1) is 12.8 Å². The minimum Gasteiger partial charge on any atom is -0.495 e. The van der Waals surface area contributed by atoms with Crippen molar-refractivity contribution in [2.75, 3.05) is 12.4 Å². The lowest BCUT2D eigenvalue weighted by Gasteiger charge is -2.17. The lowest BCUT2D eigenvalue weighted by atomic mass is 10.0. The average molecular weight is 296 g/mol. The Morgan fingerprint density at radius 3 is 2.88 bits per heavy atom. The number of hydrogen-bond acceptors (Lipinski definition) is 3. The molecular formula is C13H14BrNO2. The molecule has 0 fully saturated rings. The third-order valence-corrected chi connectivity index (χ3v) is 3.35. The van der Waals surface area contributed by atoms with Crippen molar-refractivity contribution in [2.45, 2.75) is 19.3 Å². The summed E-state index contributed by atoms with van der Waals surface area (Å²) in [6.07, 6.45) is 4.14. The molecule has 0 spiro atoms. The zero-order valence-electron chi connectivity index (χ0n) is 9.63. The molecular weight excluding hydrogens is 282 g/mol. The van der Waals surface area contributed by atoms with Crippen LogP contribution in [-0.2, 0) is 4.79 Å². The van der Waals surface area contributed by atoms with Gasteiger partial charge in [0.15, 0.2) is 5.78 Å². The van der Waals surface area contributed by atoms with Crippen molar-refractivity contribution < 1.29 is 9.53 Å². The summed E-state index contributed by atoms with van der Waals surface area (Å²) in [5, 5.41) is 3.27. The van der Waals surface area contributed by atoms with Gasteiger partial charge in [-0.05, 0) is 40.9 Å². The largest absolute Gasteiger partial charge is 0.495 e. The van der Waals surface area contributed by atoms with Crippen molar-refractivity contribution in [1.82, 2.24) is 0 Å². The summed E-state index contributed by atoms with van der Waals surface area (Å²) in [6.45, 7) is 0. The number of ketones is 1. The lowest BCUT2D eigenvalue weighted by molar-refractivity contribution is -0.115. The number of anilines is 1. The van der Waals surface area contributed by atoms with Gasteiger partial charge < -0.3 is 10.1 Å². The number of methoxy groups -OCH3 is 1. The molecule has 0 saturated heterocycles. The van der Waals surface area contributed by atoms with Crippen LogP contribution in [0.4, 0.5) is 5.69 Å². The minimum atomic E-state index is 0.185. The molecule has 0 saturated carbocycles. The van der Waals surface area contributed by atoms with Crippen LogP contribution in [0.15, 0.2) is 34.4 Å². The fraction of sp³-hybridized carbons (Fsp3) is 0.308. The highest BCUT2D eigenvalue weighted by atomic mass is 79.9. The van der Waals surface area contributed by atoms with Crippen molar-refractivity contribution in [3.8, 4) is 5.75 Å². The van der Waals surface area contributed by atoms with E-state index in [1.165, 1.54) is 0 Å². The van der Waals surface area contributed by atoms with E-state index in [4.69, 9.17) is 4.74 Å². The van der Waals surface area contributed by atoms with Crippen LogP contribution in [0, 0.1) is 0 Å². The summed E-state index contributed by atoms with van der Waals surface area (Å²) in [5.41, 5.74) is 1.82. The van der Waals surface area contributed by atoms with E-state index in [0.29, 0.717) is 6.42 Å². The van der Waals surface area contributed by atoms with Crippen LogP contribution in [0.25, 0.3) is 0 Å². The summed E-state index contributed by atoms with van der Waals surface area (Å²) < 4.78 is 6.22. The first-order chi connectivity index (χ1) is 8.20. The Kier molecular flexibility index (Phi) is 3.84. The van der Waals surface area contributed by atoms with E-state index in [9.17, 15) is 4.79 Å². The SMILES string of the molecule is COc1cccc(Br)c1NC1=CC(=O)CCC1. The molecule has 4 heteroatoms. The molecule has 1 aliphatic rings. The van der Waals surface area contributed by atoms with Crippen molar-refractivity contribution >= 4 is 27.4 Å². The Labute approximate surface area is 109 Å². The zero-order chi connectivity index (χ0) is 12.3. The molecule has 90 valence electrons. The molecule has 2 rings (SSSR count). The molecule has 1 aliphatic carbocycles. The fourth-order valence-corrected chi connectivity index (χ4v) is 2.29. The molecule has 0 amide bonds. The van der Waals surface area contributed by atoms with E-state index >= 15 is 0 Å². The maximum atomic E-state index is 11.3. The van der Waals surface area contributed by atoms with Gasteiger partial charge in [0.1, 0.15) is 5.75 Å². The molecule has 1 N–H and O–H groups in total. The van der Waals surface area contributed by atoms with E-state index in [1.807, 2.05) is 18.2 Å². The number of nitrogens with one attached hydrogen (secondary N) is 1. The van der Waals surface area contributed by atoms with E-state index in [0.717, 1.165) is 34.4 Å². The molecule has 1 aromatic carbocycles. The summed E-state index contributed by atoms with van der Waals surface area (Å²) in [7, 11) is 1.63. The van der Waals surface area contributed by atoms with Crippen molar-refractivity contribution in [2.24, 2.45) is 0 Å². The quantitative estimate of drug-likeness (QED) is 0.927. The highest BCUT2D eigenvalue weighted by Crippen LogP contribution is 2.34. The van der Waals surface area contributed by atoms with Crippen LogP contribution in [0.1, 0.15) is 19.3 Å². The third-order valence-electron chi connectivity index (χ3n) is 2.69. The third kappa shape index (κ3) is 2.88. The van der Waals surface area contributed by atoms with Crippen molar-refractivity contribution in [1.29, 1.82) is 0 Å². The molecule has 0 heterocycles. The second-order valence-electron chi connectivity index (χ2n) is 3.93. The van der Waals surface area contributed by atoms with Crippen LogP contribution in [0.3, 0.4) is 0 Å². The Morgan fingerprint density at radius 1 is 1.35 bits per heavy atom. The molecule has 0 atom stereocenters. The highest BCUT2D eigenvalue weighted by molar-refractivity contribution is 9.10. The predicted molar refractivity (Wildman–Crippen MR) is 71.3 cm³/mol. The number of carbonyl (C=O) groups excluding carboxylic acids is 1. The van der Waals surface area contributed by atoms with E-state index in [-0.39, 0.29) is 5.78 Å². The first-order valence-corrected chi connectivity index (χ1v) is 6.33. The average Bonchev–Trinajstić information content (AvgIpc) is 2.32. The predicted octanol–water partition coefficient (Wildman–Crippen LogP) is 3.51. The van der Waals surface area contributed by atoms with Crippen LogP contribution >= 0.6 is 15.9 Å². The van der Waals surface area contributed by atoms with Crippen molar-refractivity contribution in [3.63, 3.8) is 0 Å². The lowest BCUT2D eigenvalue weighted by Crippen LogP contribution is -2.10. The van der Waals surface area contributed by atoms with Gasteiger partial charge in [0, 0.05) is 22.7 Å². The molecule has 17 heavy (non-hydrogen) atoms. The van der Waals surface area contributed by atoms with E-state index in [2.05, 4.69) is 21.2 Å². The van der Waals surface area contributed by atoms with E-state index < -0.39 is 0 Å². The number of ether oxygens (including phenoxy) is 1. The molecule has 0 aromatic heterocycles. The molecule has 0 unspecified atom stereocenters. The Balaban J connectivity index is 2.26. The molecule has 0 bridgehead atoms. The Bertz CT molecular complexity index is 468. The van der Waals surface area contributed by atoms with E-state index in [1.54, 1.807) is 13.2 Å². The summed E-state index contributed by atoms with van der Waals surface area (Å²) in [4.78, 5) is 11.3. The van der Waals surface area contributed by atoms with Gasteiger partial charge >= 0.3 is 0 Å². The first kappa shape index (κ1) is 12.2. The first-order valence-electron chi connectivity index (χ1n) is 5.53. The maximum absolute atomic E-state index is 11.3. The number of rotatable bonds is 3. The van der Waals surface area contributed by atoms with Gasteiger partial charge in [-0.15, -0.1) is 0 Å². The summed E-state index contributed by atoms with van der Waals surface area (Å²) in [6, 6.07) is 5.74. The number of allylic oxidation sites excluding steroid dienone is 2. The Hall–Kier alpha value is -1.29. The topological polar surface area (TPSA) is 38.3 Å². The van der Waals surface area contributed by atoms with Gasteiger partial charge in [0.25, 0.3) is 0 Å². The number of carbonyl (C=O) groups is 1. The molecule has 1 aromatic rings. The van der Waals surface area contributed by atoms with Gasteiger partial charge in [-0.25, -0.2) is 0 Å².